The van der Waals surface area contributed by atoms with E-state index in [0.717, 1.165) is 51.0 Å². The third kappa shape index (κ3) is 4.39. The lowest BCUT2D eigenvalue weighted by molar-refractivity contribution is -0.141. The van der Waals surface area contributed by atoms with Gasteiger partial charge < -0.3 is 10.6 Å². The van der Waals surface area contributed by atoms with E-state index in [1.54, 1.807) is 12.1 Å². The molecule has 5 heteroatoms. The first kappa shape index (κ1) is 18.3. The smallest absolute Gasteiger partial charge is 0.226 e. The topological polar surface area (TPSA) is 49.6 Å². The molecule has 2 atom stereocenters. The first-order valence-corrected chi connectivity index (χ1v) is 9.36. The maximum atomic E-state index is 13.4. The Hall–Kier alpha value is -1.46. The second-order valence-corrected chi connectivity index (χ2v) is 8.35. The zero-order valence-corrected chi connectivity index (χ0v) is 15.4. The van der Waals surface area contributed by atoms with Crippen LogP contribution < -0.4 is 5.73 Å². The molecule has 2 N–H and O–H groups in total. The summed E-state index contributed by atoms with van der Waals surface area (Å²) in [5, 5.41) is 0. The highest BCUT2D eigenvalue weighted by Crippen LogP contribution is 2.30. The van der Waals surface area contributed by atoms with Gasteiger partial charge in [-0.2, -0.15) is 0 Å². The molecule has 1 amide bonds. The molecule has 0 aromatic heterocycles. The van der Waals surface area contributed by atoms with Crippen LogP contribution in [0.3, 0.4) is 0 Å². The molecule has 2 saturated heterocycles. The highest BCUT2D eigenvalue weighted by molar-refractivity contribution is 5.79. The fourth-order valence-electron chi connectivity index (χ4n) is 4.11. The van der Waals surface area contributed by atoms with Crippen molar-refractivity contribution in [2.24, 2.45) is 17.1 Å². The molecule has 2 aliphatic rings. The summed E-state index contributed by atoms with van der Waals surface area (Å²) in [6.45, 7) is 8.24. The van der Waals surface area contributed by atoms with Crippen LogP contribution in [0.4, 0.5) is 4.39 Å². The molecule has 1 aromatic carbocycles. The third-order valence-corrected chi connectivity index (χ3v) is 5.77. The fraction of sp³-hybridized carbons (Fsp3) is 0.650. The molecule has 138 valence electrons. The van der Waals surface area contributed by atoms with Crippen molar-refractivity contribution in [3.8, 4) is 0 Å². The zero-order valence-electron chi connectivity index (χ0n) is 15.4. The first-order chi connectivity index (χ1) is 11.8. The van der Waals surface area contributed by atoms with Gasteiger partial charge in [-0.1, -0.05) is 26.0 Å². The van der Waals surface area contributed by atoms with E-state index in [1.807, 2.05) is 11.0 Å². The molecule has 1 aromatic rings. The highest BCUT2D eigenvalue weighted by Gasteiger charge is 2.38. The Morgan fingerprint density at radius 3 is 2.84 bits per heavy atom. The normalized spacial score (nSPS) is 27.3. The van der Waals surface area contributed by atoms with Crippen LogP contribution in [0.1, 0.15) is 38.7 Å². The third-order valence-electron chi connectivity index (χ3n) is 5.77. The van der Waals surface area contributed by atoms with E-state index in [-0.39, 0.29) is 29.1 Å². The van der Waals surface area contributed by atoms with Crippen molar-refractivity contribution in [3.63, 3.8) is 0 Å². The van der Waals surface area contributed by atoms with Crippen LogP contribution in [-0.2, 0) is 11.3 Å². The molecule has 3 rings (SSSR count). The van der Waals surface area contributed by atoms with Crippen molar-refractivity contribution >= 4 is 5.91 Å². The number of nitrogens with two attached hydrogens (primary N) is 1. The summed E-state index contributed by atoms with van der Waals surface area (Å²) in [5.41, 5.74) is 7.14. The van der Waals surface area contributed by atoms with Crippen molar-refractivity contribution in [3.05, 3.63) is 35.6 Å². The van der Waals surface area contributed by atoms with Crippen molar-refractivity contribution in [1.29, 1.82) is 0 Å². The quantitative estimate of drug-likeness (QED) is 0.914. The number of hydrogen-bond acceptors (Lipinski definition) is 3. The van der Waals surface area contributed by atoms with Crippen LogP contribution in [0.15, 0.2) is 24.3 Å². The van der Waals surface area contributed by atoms with Gasteiger partial charge in [0, 0.05) is 32.2 Å². The number of amides is 1. The Morgan fingerprint density at radius 1 is 1.32 bits per heavy atom. The largest absolute Gasteiger partial charge is 0.342 e. The molecular formula is C20H30FN3O. The Bertz CT molecular complexity index is 619. The number of carbonyl (C=O) groups is 1. The molecule has 2 fully saturated rings. The van der Waals surface area contributed by atoms with Gasteiger partial charge in [0.1, 0.15) is 5.82 Å². The maximum absolute atomic E-state index is 13.4. The predicted octanol–water partition coefficient (Wildman–Crippen LogP) is 2.62. The number of benzene rings is 1. The van der Waals surface area contributed by atoms with Crippen LogP contribution in [0, 0.1) is 17.2 Å². The van der Waals surface area contributed by atoms with Crippen molar-refractivity contribution in [2.75, 3.05) is 26.2 Å². The van der Waals surface area contributed by atoms with E-state index in [1.165, 1.54) is 6.07 Å². The SMILES string of the molecule is CC1(C)CN(C(=O)C2CCCN(Cc3cccc(F)c3)C2)CCC1N. The molecule has 2 aliphatic heterocycles. The van der Waals surface area contributed by atoms with Crippen LogP contribution in [0.2, 0.25) is 0 Å². The Kier molecular flexibility index (Phi) is 5.44. The lowest BCUT2D eigenvalue weighted by Gasteiger charge is -2.44. The van der Waals surface area contributed by atoms with E-state index in [4.69, 9.17) is 5.73 Å². The lowest BCUT2D eigenvalue weighted by atomic mass is 9.79. The second kappa shape index (κ2) is 7.42. The van der Waals surface area contributed by atoms with Gasteiger partial charge >= 0.3 is 0 Å². The molecule has 2 heterocycles. The summed E-state index contributed by atoms with van der Waals surface area (Å²) in [6.07, 6.45) is 2.84. The van der Waals surface area contributed by atoms with Gasteiger partial charge in [-0.15, -0.1) is 0 Å². The molecule has 25 heavy (non-hydrogen) atoms. The standard InChI is InChI=1S/C20H30FN3O/c1-20(2)14-24(10-8-18(20)22)19(25)16-6-4-9-23(13-16)12-15-5-3-7-17(21)11-15/h3,5,7,11,16,18H,4,6,8-10,12-14,22H2,1-2H3. The van der Waals surface area contributed by atoms with E-state index in [0.29, 0.717) is 6.54 Å². The summed E-state index contributed by atoms with van der Waals surface area (Å²) < 4.78 is 13.4. The minimum absolute atomic E-state index is 0.0240. The van der Waals surface area contributed by atoms with Gasteiger partial charge in [0.15, 0.2) is 0 Å². The minimum Gasteiger partial charge on any atom is -0.342 e. The van der Waals surface area contributed by atoms with Gasteiger partial charge in [0.2, 0.25) is 5.91 Å². The van der Waals surface area contributed by atoms with Crippen molar-refractivity contribution in [1.82, 2.24) is 9.80 Å². The predicted molar refractivity (Wildman–Crippen MR) is 97.4 cm³/mol. The van der Waals surface area contributed by atoms with Gasteiger partial charge in [-0.05, 0) is 48.9 Å². The van der Waals surface area contributed by atoms with E-state index in [9.17, 15) is 9.18 Å². The molecule has 0 radical (unpaired) electrons. The van der Waals surface area contributed by atoms with E-state index >= 15 is 0 Å². The fourth-order valence-corrected chi connectivity index (χ4v) is 4.11. The number of hydrogen-bond donors (Lipinski definition) is 1. The van der Waals surface area contributed by atoms with Crippen LogP contribution in [0.25, 0.3) is 0 Å². The monoisotopic (exact) mass is 347 g/mol. The van der Waals surface area contributed by atoms with Gasteiger partial charge in [-0.25, -0.2) is 4.39 Å². The highest BCUT2D eigenvalue weighted by atomic mass is 19.1. The first-order valence-electron chi connectivity index (χ1n) is 9.36. The maximum Gasteiger partial charge on any atom is 0.226 e. The summed E-state index contributed by atoms with van der Waals surface area (Å²) >= 11 is 0. The lowest BCUT2D eigenvalue weighted by Crippen LogP contribution is -2.56. The van der Waals surface area contributed by atoms with Gasteiger partial charge in [0.05, 0.1) is 5.92 Å². The molecule has 0 saturated carbocycles. The molecule has 0 aliphatic carbocycles. The van der Waals surface area contributed by atoms with Crippen LogP contribution >= 0.6 is 0 Å². The number of rotatable bonds is 3. The number of carbonyl (C=O) groups excluding carboxylic acids is 1. The molecule has 0 spiro atoms. The summed E-state index contributed by atoms with van der Waals surface area (Å²) in [7, 11) is 0. The Labute approximate surface area is 150 Å². The van der Waals surface area contributed by atoms with Crippen molar-refractivity contribution in [2.45, 2.75) is 45.7 Å². The summed E-state index contributed by atoms with van der Waals surface area (Å²) in [4.78, 5) is 17.3. The van der Waals surface area contributed by atoms with E-state index < -0.39 is 0 Å². The van der Waals surface area contributed by atoms with Crippen LogP contribution in [-0.4, -0.2) is 47.9 Å². The molecular weight excluding hydrogens is 317 g/mol. The Morgan fingerprint density at radius 2 is 2.12 bits per heavy atom. The van der Waals surface area contributed by atoms with E-state index in [2.05, 4.69) is 18.7 Å². The molecule has 4 nitrogen and oxygen atoms in total. The zero-order chi connectivity index (χ0) is 18.0. The average molecular weight is 347 g/mol. The second-order valence-electron chi connectivity index (χ2n) is 8.35. The summed E-state index contributed by atoms with van der Waals surface area (Å²) in [5.74, 6) is 0.116. The number of likely N-dealkylation sites (tertiary alicyclic amines) is 2. The number of nitrogens with zero attached hydrogens (tertiary/aromatic N) is 2. The average Bonchev–Trinajstić information content (AvgIpc) is 2.57. The number of piperidine rings is 2. The van der Waals surface area contributed by atoms with Gasteiger partial charge in [-0.3, -0.25) is 9.69 Å². The summed E-state index contributed by atoms with van der Waals surface area (Å²) in [6, 6.07) is 6.90. The molecule has 0 bridgehead atoms. The minimum atomic E-state index is -0.200. The molecule has 2 unspecified atom stereocenters. The van der Waals surface area contributed by atoms with Crippen molar-refractivity contribution < 1.29 is 9.18 Å². The van der Waals surface area contributed by atoms with Gasteiger partial charge in [0.25, 0.3) is 0 Å². The Balaban J connectivity index is 1.60. The number of halogens is 1. The van der Waals surface area contributed by atoms with Crippen LogP contribution in [0.5, 0.6) is 0 Å².